The van der Waals surface area contributed by atoms with Crippen molar-refractivity contribution in [2.75, 3.05) is 11.8 Å². The van der Waals surface area contributed by atoms with Crippen LogP contribution >= 0.6 is 0 Å². The van der Waals surface area contributed by atoms with E-state index in [9.17, 15) is 8.42 Å². The van der Waals surface area contributed by atoms with E-state index < -0.39 is 10.0 Å². The molecule has 25 heavy (non-hydrogen) atoms. The molecule has 0 bridgehead atoms. The Morgan fingerprint density at radius 2 is 2.00 bits per heavy atom. The van der Waals surface area contributed by atoms with E-state index in [1.54, 1.807) is 37.0 Å². The Kier molecular flexibility index (Phi) is 5.44. The first kappa shape index (κ1) is 17.9. The van der Waals surface area contributed by atoms with Gasteiger partial charge in [0, 0.05) is 26.1 Å². The molecule has 0 saturated heterocycles. The van der Waals surface area contributed by atoms with Gasteiger partial charge in [0.05, 0.1) is 17.2 Å². The molecule has 0 amide bonds. The van der Waals surface area contributed by atoms with Crippen LogP contribution in [0.5, 0.6) is 0 Å². The summed E-state index contributed by atoms with van der Waals surface area (Å²) in [7, 11) is -0.306. The smallest absolute Gasteiger partial charge is 0.263 e. The fraction of sp³-hybridized carbons (Fsp3) is 0.500. The van der Waals surface area contributed by atoms with E-state index in [4.69, 9.17) is 4.74 Å². The average molecular weight is 363 g/mol. The quantitative estimate of drug-likeness (QED) is 0.853. The van der Waals surface area contributed by atoms with Crippen LogP contribution in [0.4, 0.5) is 5.82 Å². The van der Waals surface area contributed by atoms with Gasteiger partial charge in [-0.05, 0) is 30.5 Å². The summed E-state index contributed by atoms with van der Waals surface area (Å²) in [4.78, 5) is 0.225. The lowest BCUT2D eigenvalue weighted by Gasteiger charge is -2.19. The van der Waals surface area contributed by atoms with Gasteiger partial charge >= 0.3 is 0 Å². The summed E-state index contributed by atoms with van der Waals surface area (Å²) in [6.07, 6.45) is 5.97. The molecule has 1 aliphatic rings. The van der Waals surface area contributed by atoms with Crippen LogP contribution in [0, 0.1) is 0 Å². The molecule has 0 atom stereocenters. The van der Waals surface area contributed by atoms with Gasteiger partial charge in [0.1, 0.15) is 5.82 Å². The van der Waals surface area contributed by atoms with Gasteiger partial charge in [0.15, 0.2) is 0 Å². The third-order valence-corrected chi connectivity index (χ3v) is 6.03. The second-order valence-electron chi connectivity index (χ2n) is 6.60. The van der Waals surface area contributed by atoms with Crippen molar-refractivity contribution < 1.29 is 13.2 Å². The molecular weight excluding hydrogens is 338 g/mol. The fourth-order valence-corrected chi connectivity index (χ4v) is 4.50. The molecule has 1 N–H and O–H groups in total. The number of hydrogen-bond donors (Lipinski definition) is 1. The molecule has 7 heteroatoms. The van der Waals surface area contributed by atoms with Crippen molar-refractivity contribution in [3.8, 4) is 0 Å². The third-order valence-electron chi connectivity index (χ3n) is 4.68. The Bertz CT molecular complexity index is 824. The monoisotopic (exact) mass is 363 g/mol. The fourth-order valence-electron chi connectivity index (χ4n) is 3.35. The highest BCUT2D eigenvalue weighted by atomic mass is 32.2. The largest absolute Gasteiger partial charge is 0.380 e. The number of aromatic nitrogens is 2. The SMILES string of the molecule is COCc1cccc(S(=O)(=O)Nc2cc(C3CCCCC3)nn2C)c1. The van der Waals surface area contributed by atoms with E-state index in [0.717, 1.165) is 24.1 Å². The summed E-state index contributed by atoms with van der Waals surface area (Å²) in [5.41, 5.74) is 1.80. The minimum absolute atomic E-state index is 0.225. The molecule has 2 aromatic rings. The number of benzene rings is 1. The highest BCUT2D eigenvalue weighted by Gasteiger charge is 2.22. The number of nitrogens with zero attached hydrogens (tertiary/aromatic N) is 2. The summed E-state index contributed by atoms with van der Waals surface area (Å²) >= 11 is 0. The van der Waals surface area contributed by atoms with Gasteiger partial charge in [-0.25, -0.2) is 8.42 Å². The van der Waals surface area contributed by atoms with Crippen molar-refractivity contribution in [2.24, 2.45) is 7.05 Å². The van der Waals surface area contributed by atoms with Gasteiger partial charge in [-0.3, -0.25) is 9.40 Å². The minimum Gasteiger partial charge on any atom is -0.380 e. The van der Waals surface area contributed by atoms with Crippen molar-refractivity contribution in [1.29, 1.82) is 0 Å². The van der Waals surface area contributed by atoms with Gasteiger partial charge in [-0.1, -0.05) is 31.4 Å². The van der Waals surface area contributed by atoms with Crippen LogP contribution in [0.25, 0.3) is 0 Å². The Morgan fingerprint density at radius 3 is 2.72 bits per heavy atom. The Morgan fingerprint density at radius 1 is 1.24 bits per heavy atom. The first-order chi connectivity index (χ1) is 12.0. The van der Waals surface area contributed by atoms with Crippen LogP contribution in [0.2, 0.25) is 0 Å². The standard InChI is InChI=1S/C18H25N3O3S/c1-21-18(12-17(19-21)15-8-4-3-5-9-15)20-25(22,23)16-10-6-7-14(11-16)13-24-2/h6-7,10-12,15,20H,3-5,8-9,13H2,1-2H3. The number of nitrogens with one attached hydrogen (secondary N) is 1. The average Bonchev–Trinajstić information content (AvgIpc) is 2.96. The van der Waals surface area contributed by atoms with E-state index in [0.29, 0.717) is 18.3 Å². The first-order valence-corrected chi connectivity index (χ1v) is 10.1. The number of ether oxygens (including phenoxy) is 1. The Labute approximate surface area is 149 Å². The first-order valence-electron chi connectivity index (χ1n) is 8.64. The molecule has 1 heterocycles. The highest BCUT2D eigenvalue weighted by Crippen LogP contribution is 2.33. The zero-order valence-electron chi connectivity index (χ0n) is 14.7. The van der Waals surface area contributed by atoms with Crippen LogP contribution in [0.1, 0.15) is 49.3 Å². The summed E-state index contributed by atoms with van der Waals surface area (Å²) in [6.45, 7) is 0.376. The zero-order valence-corrected chi connectivity index (χ0v) is 15.6. The van der Waals surface area contributed by atoms with Gasteiger partial charge < -0.3 is 4.74 Å². The van der Waals surface area contributed by atoms with Crippen molar-refractivity contribution >= 4 is 15.8 Å². The maximum Gasteiger partial charge on any atom is 0.263 e. The molecule has 0 aliphatic heterocycles. The topological polar surface area (TPSA) is 73.2 Å². The van der Waals surface area contributed by atoms with Crippen LogP contribution in [-0.2, 0) is 28.4 Å². The molecule has 3 rings (SSSR count). The molecule has 1 aromatic heterocycles. The summed E-state index contributed by atoms with van der Waals surface area (Å²) < 4.78 is 34.8. The Balaban J connectivity index is 1.81. The Hall–Kier alpha value is -1.86. The summed E-state index contributed by atoms with van der Waals surface area (Å²) in [5, 5.41) is 4.53. The van der Waals surface area contributed by atoms with Gasteiger partial charge in [0.25, 0.3) is 10.0 Å². The zero-order chi connectivity index (χ0) is 17.9. The van der Waals surface area contributed by atoms with Crippen molar-refractivity contribution in [3.05, 3.63) is 41.6 Å². The molecule has 1 fully saturated rings. The number of rotatable bonds is 6. The van der Waals surface area contributed by atoms with Crippen LogP contribution < -0.4 is 4.72 Å². The molecule has 6 nitrogen and oxygen atoms in total. The number of aryl methyl sites for hydroxylation is 1. The maximum atomic E-state index is 12.7. The summed E-state index contributed by atoms with van der Waals surface area (Å²) in [5.74, 6) is 0.931. The number of anilines is 1. The number of sulfonamides is 1. The van der Waals surface area contributed by atoms with Gasteiger partial charge in [0.2, 0.25) is 0 Å². The molecule has 1 aliphatic carbocycles. The van der Waals surface area contributed by atoms with E-state index in [1.807, 2.05) is 12.1 Å². The molecule has 0 unspecified atom stereocenters. The van der Waals surface area contributed by atoms with Crippen LogP contribution in [0.15, 0.2) is 35.2 Å². The molecule has 0 spiro atoms. The molecular formula is C18H25N3O3S. The minimum atomic E-state index is -3.66. The van der Waals surface area contributed by atoms with Crippen LogP contribution in [0.3, 0.4) is 0 Å². The normalized spacial score (nSPS) is 16.1. The van der Waals surface area contributed by atoms with Crippen LogP contribution in [-0.4, -0.2) is 25.3 Å². The van der Waals surface area contributed by atoms with Crippen molar-refractivity contribution in [3.63, 3.8) is 0 Å². The van der Waals surface area contributed by atoms with Gasteiger partial charge in [-0.2, -0.15) is 5.10 Å². The summed E-state index contributed by atoms with van der Waals surface area (Å²) in [6, 6.07) is 8.64. The van der Waals surface area contributed by atoms with Crippen molar-refractivity contribution in [1.82, 2.24) is 9.78 Å². The highest BCUT2D eigenvalue weighted by molar-refractivity contribution is 7.92. The number of hydrogen-bond acceptors (Lipinski definition) is 4. The predicted octanol–water partition coefficient (Wildman–Crippen LogP) is 3.42. The van der Waals surface area contributed by atoms with Gasteiger partial charge in [-0.15, -0.1) is 0 Å². The molecule has 1 saturated carbocycles. The molecule has 0 radical (unpaired) electrons. The van der Waals surface area contributed by atoms with E-state index in [-0.39, 0.29) is 4.90 Å². The van der Waals surface area contributed by atoms with E-state index in [2.05, 4.69) is 9.82 Å². The van der Waals surface area contributed by atoms with Crippen molar-refractivity contribution in [2.45, 2.75) is 49.5 Å². The van der Waals surface area contributed by atoms with E-state index in [1.165, 1.54) is 19.3 Å². The van der Waals surface area contributed by atoms with E-state index >= 15 is 0 Å². The molecule has 136 valence electrons. The maximum absolute atomic E-state index is 12.7. The second-order valence-corrected chi connectivity index (χ2v) is 8.28. The number of methoxy groups -OCH3 is 1. The lowest BCUT2D eigenvalue weighted by atomic mass is 9.87. The lowest BCUT2D eigenvalue weighted by Crippen LogP contribution is -2.15. The second kappa shape index (κ2) is 7.58. The predicted molar refractivity (Wildman–Crippen MR) is 97.0 cm³/mol. The lowest BCUT2D eigenvalue weighted by molar-refractivity contribution is 0.184. The molecule has 1 aromatic carbocycles. The third kappa shape index (κ3) is 4.22.